The van der Waals surface area contributed by atoms with Gasteiger partial charge in [0.2, 0.25) is 0 Å². The van der Waals surface area contributed by atoms with Crippen molar-refractivity contribution in [1.29, 1.82) is 0 Å². The van der Waals surface area contributed by atoms with Gasteiger partial charge in [0, 0.05) is 0 Å². The molecule has 30 heavy (non-hydrogen) atoms. The summed E-state index contributed by atoms with van der Waals surface area (Å²) in [5.41, 5.74) is 15.1. The van der Waals surface area contributed by atoms with Crippen molar-refractivity contribution in [2.45, 2.75) is 60.4 Å². The quantitative estimate of drug-likeness (QED) is 0.375. The predicted molar refractivity (Wildman–Crippen MR) is 139 cm³/mol. The van der Waals surface area contributed by atoms with E-state index >= 15 is 0 Å². The Hall–Kier alpha value is -0.569. The molecule has 0 heterocycles. The van der Waals surface area contributed by atoms with E-state index in [-0.39, 0.29) is 24.8 Å². The molecule has 0 N–H and O–H groups in total. The zero-order valence-electron chi connectivity index (χ0n) is 19.6. The average molecular weight is 495 g/mol. The van der Waals surface area contributed by atoms with E-state index in [1.165, 1.54) is 33.4 Å². The van der Waals surface area contributed by atoms with Crippen LogP contribution in [0.5, 0.6) is 0 Å². The Morgan fingerprint density at radius 2 is 0.967 bits per heavy atom. The number of benzene rings is 2. The minimum absolute atomic E-state index is 0. The SMILES string of the molecule is CC1=Cc2c(C)cc(C)cc2[CH]1[Ti]([CH3])([CH3])(=[SiH2])[CH]1C(C)=Cc2c(C)cc(C)cc21.Cl.Cl. The van der Waals surface area contributed by atoms with E-state index in [9.17, 15) is 0 Å². The van der Waals surface area contributed by atoms with Crippen molar-refractivity contribution in [1.82, 2.24) is 0 Å². The first-order chi connectivity index (χ1) is 12.9. The molecule has 162 valence electrons. The second-order valence-electron chi connectivity index (χ2n) is 10.7. The van der Waals surface area contributed by atoms with Crippen molar-refractivity contribution in [2.75, 3.05) is 0 Å². The molecule has 0 radical (unpaired) electrons. The van der Waals surface area contributed by atoms with Crippen LogP contribution in [0.1, 0.15) is 66.8 Å². The van der Waals surface area contributed by atoms with Crippen molar-refractivity contribution in [2.24, 2.45) is 0 Å². The van der Waals surface area contributed by atoms with Gasteiger partial charge in [-0.2, -0.15) is 0 Å². The summed E-state index contributed by atoms with van der Waals surface area (Å²) in [6, 6.07) is 9.66. The second-order valence-corrected chi connectivity index (χ2v) is 30.9. The molecule has 0 aromatic heterocycles. The van der Waals surface area contributed by atoms with Crippen LogP contribution in [0.4, 0.5) is 0 Å². The zero-order chi connectivity index (χ0) is 20.6. The summed E-state index contributed by atoms with van der Waals surface area (Å²) in [6.07, 6.45) is 4.99. The van der Waals surface area contributed by atoms with Crippen LogP contribution in [-0.4, -0.2) is 7.63 Å². The van der Waals surface area contributed by atoms with E-state index in [1.807, 2.05) is 0 Å². The van der Waals surface area contributed by atoms with Crippen molar-refractivity contribution in [3.8, 4) is 0 Å². The Kier molecular flexibility index (Phi) is 6.93. The Bertz CT molecular complexity index is 1080. The molecule has 2 aromatic carbocycles. The normalized spacial score (nSPS) is 19.9. The molecular formula is C26H36Cl2SiTi. The number of rotatable bonds is 2. The van der Waals surface area contributed by atoms with Crippen molar-refractivity contribution >= 4 is 44.6 Å². The van der Waals surface area contributed by atoms with Crippen LogP contribution in [-0.2, 0) is 14.0 Å². The summed E-state index contributed by atoms with van der Waals surface area (Å²) >= 11 is -3.03. The maximum Gasteiger partial charge on any atom is -0.147 e. The first kappa shape index (κ1) is 25.7. The summed E-state index contributed by atoms with van der Waals surface area (Å²) in [7, 11) is 2.42. The second kappa shape index (κ2) is 8.09. The fourth-order valence-corrected chi connectivity index (χ4v) is 20.5. The zero-order valence-corrected chi connectivity index (χ0v) is 24.3. The molecule has 2 unspecified atom stereocenters. The fourth-order valence-electron chi connectivity index (χ4n) is 6.69. The standard InChI is InChI=1S/2C12H13.2CH3.2ClH.H2Si.Ti/c2*1-8-4-10(3)12-7-9(2)6-11(12)5-8;;;;;;/h2*4-7H,1-3H3;2*1H3;2*1H;1H2;. The molecule has 4 rings (SSSR count). The molecule has 0 fully saturated rings. The molecule has 2 aliphatic carbocycles. The number of hydrogen-bond acceptors (Lipinski definition) is 0. The van der Waals surface area contributed by atoms with Gasteiger partial charge in [-0.1, -0.05) is 0 Å². The van der Waals surface area contributed by atoms with E-state index in [4.69, 9.17) is 0 Å². The number of aryl methyl sites for hydroxylation is 4. The van der Waals surface area contributed by atoms with E-state index in [0.29, 0.717) is 8.45 Å². The third-order valence-electron chi connectivity index (χ3n) is 7.30. The molecular weight excluding hydrogens is 459 g/mol. The number of hydrogen-bond donors (Lipinski definition) is 0. The Morgan fingerprint density at radius 1 is 0.633 bits per heavy atom. The molecule has 2 aromatic rings. The topological polar surface area (TPSA) is 0 Å². The van der Waals surface area contributed by atoms with Crippen LogP contribution in [0.25, 0.3) is 12.2 Å². The van der Waals surface area contributed by atoms with Gasteiger partial charge in [0.25, 0.3) is 0 Å². The van der Waals surface area contributed by atoms with Gasteiger partial charge in [-0.05, 0) is 0 Å². The third kappa shape index (κ3) is 3.76. The van der Waals surface area contributed by atoms with Crippen LogP contribution in [0.2, 0.25) is 10.5 Å². The molecule has 0 nitrogen and oxygen atoms in total. The van der Waals surface area contributed by atoms with E-state index in [2.05, 4.69) is 96.0 Å². The molecule has 4 heteroatoms. The maximum atomic E-state index is 2.71. The summed E-state index contributed by atoms with van der Waals surface area (Å²) < 4.78 is 1.23. The number of allylic oxidation sites excluding steroid dienone is 2. The first-order valence-electron chi connectivity index (χ1n) is 10.5. The maximum absolute atomic E-state index is 3.03. The molecule has 0 saturated heterocycles. The van der Waals surface area contributed by atoms with E-state index in [1.54, 1.807) is 22.3 Å². The van der Waals surface area contributed by atoms with Gasteiger partial charge in [-0.3, -0.25) is 0 Å². The molecule has 0 saturated carbocycles. The summed E-state index contributed by atoms with van der Waals surface area (Å²) in [5.74, 6) is 0. The molecule has 0 bridgehead atoms. The van der Waals surface area contributed by atoms with Gasteiger partial charge in [0.15, 0.2) is 0 Å². The van der Waals surface area contributed by atoms with Crippen LogP contribution >= 0.6 is 24.8 Å². The van der Waals surface area contributed by atoms with Crippen molar-refractivity contribution in [3.63, 3.8) is 0 Å². The molecule has 0 amide bonds. The number of fused-ring (bicyclic) bond motifs is 2. The Morgan fingerprint density at radius 3 is 1.30 bits per heavy atom. The Labute approximate surface area is 198 Å². The number of halogens is 2. The monoisotopic (exact) mass is 494 g/mol. The summed E-state index contributed by atoms with van der Waals surface area (Å²) in [6.45, 7) is 13.9. The van der Waals surface area contributed by atoms with Gasteiger partial charge < -0.3 is 0 Å². The van der Waals surface area contributed by atoms with Crippen LogP contribution in [0.3, 0.4) is 0 Å². The largest absolute Gasteiger partial charge is 0.147 e. The van der Waals surface area contributed by atoms with Crippen LogP contribution in [0.15, 0.2) is 35.4 Å². The molecule has 0 spiro atoms. The van der Waals surface area contributed by atoms with Crippen molar-refractivity contribution in [3.05, 3.63) is 79.9 Å². The van der Waals surface area contributed by atoms with E-state index in [0.717, 1.165) is 0 Å². The van der Waals surface area contributed by atoms with E-state index < -0.39 is 14.0 Å². The average Bonchev–Trinajstić information content (AvgIpc) is 3.04. The Balaban J connectivity index is 0.00000160. The minimum Gasteiger partial charge on any atom is -0.147 e. The van der Waals surface area contributed by atoms with Crippen molar-refractivity contribution < 1.29 is 14.0 Å². The van der Waals surface area contributed by atoms with Gasteiger partial charge in [0.1, 0.15) is 0 Å². The van der Waals surface area contributed by atoms with Gasteiger partial charge in [-0.25, -0.2) is 0 Å². The molecule has 0 aliphatic heterocycles. The third-order valence-corrected chi connectivity index (χ3v) is 19.0. The van der Waals surface area contributed by atoms with Gasteiger partial charge in [0.05, 0.1) is 0 Å². The summed E-state index contributed by atoms with van der Waals surface area (Å²) in [4.78, 5) is 0. The first-order valence-corrected chi connectivity index (χ1v) is 19.5. The predicted octanol–water partition coefficient (Wildman–Crippen LogP) is 7.71. The summed E-state index contributed by atoms with van der Waals surface area (Å²) in [5, 5.41) is 5.42. The van der Waals surface area contributed by atoms with Crippen LogP contribution in [0, 0.1) is 27.7 Å². The molecule has 2 atom stereocenters. The fraction of sp³-hybridized carbons (Fsp3) is 0.385. The molecule has 2 aliphatic rings. The smallest absolute Gasteiger partial charge is 0.147 e. The van der Waals surface area contributed by atoms with Gasteiger partial charge >= 0.3 is 174 Å². The van der Waals surface area contributed by atoms with Crippen LogP contribution < -0.4 is 0 Å². The van der Waals surface area contributed by atoms with Gasteiger partial charge in [-0.15, -0.1) is 24.8 Å². The minimum atomic E-state index is -3.03.